The zero-order valence-corrected chi connectivity index (χ0v) is 19.0. The van der Waals surface area contributed by atoms with Crippen LogP contribution in [0.1, 0.15) is 27.2 Å². The van der Waals surface area contributed by atoms with E-state index >= 15 is 0 Å². The molecule has 31 heavy (non-hydrogen) atoms. The summed E-state index contributed by atoms with van der Waals surface area (Å²) in [5.41, 5.74) is 1.25. The lowest BCUT2D eigenvalue weighted by atomic mass is 10.1. The zero-order valence-electron chi connectivity index (χ0n) is 16.6. The molecule has 0 aliphatic heterocycles. The van der Waals surface area contributed by atoms with Crippen LogP contribution >= 0.6 is 27.3 Å². The van der Waals surface area contributed by atoms with Crippen LogP contribution in [0.5, 0.6) is 5.75 Å². The third-order valence-corrected chi connectivity index (χ3v) is 6.17. The van der Waals surface area contributed by atoms with E-state index in [2.05, 4.69) is 21.2 Å². The molecule has 0 spiro atoms. The number of esters is 2. The summed E-state index contributed by atoms with van der Waals surface area (Å²) < 4.78 is 20.8. The van der Waals surface area contributed by atoms with Crippen molar-refractivity contribution in [3.8, 4) is 16.2 Å². The highest BCUT2D eigenvalue weighted by Crippen LogP contribution is 2.46. The molecule has 0 saturated heterocycles. The Hall–Kier alpha value is -3.11. The van der Waals surface area contributed by atoms with Gasteiger partial charge in [-0.3, -0.25) is 4.79 Å². The molecule has 1 amide bonds. The van der Waals surface area contributed by atoms with E-state index in [-0.39, 0.29) is 35.5 Å². The van der Waals surface area contributed by atoms with Gasteiger partial charge in [0.05, 0.1) is 29.3 Å². The standard InChI is InChI=1S/C21H18BrNO7S/c1-3-28-15(24)11-30-17-16(22)18(31-19(17)21(26)27-2)12-6-4-7-13(10-12)23-20(25)14-8-5-9-29-14/h4-10H,3,11H2,1-2H3,(H,23,25). The van der Waals surface area contributed by atoms with Crippen molar-refractivity contribution in [2.75, 3.05) is 25.6 Å². The summed E-state index contributed by atoms with van der Waals surface area (Å²) in [6.45, 7) is 1.55. The van der Waals surface area contributed by atoms with E-state index in [1.807, 2.05) is 6.07 Å². The Balaban J connectivity index is 1.90. The molecule has 0 atom stereocenters. The molecular formula is C21H18BrNO7S. The van der Waals surface area contributed by atoms with Gasteiger partial charge in [-0.05, 0) is 52.7 Å². The lowest BCUT2D eigenvalue weighted by molar-refractivity contribution is -0.145. The van der Waals surface area contributed by atoms with Gasteiger partial charge >= 0.3 is 11.9 Å². The number of methoxy groups -OCH3 is 1. The highest BCUT2D eigenvalue weighted by atomic mass is 79.9. The minimum atomic E-state index is -0.599. The van der Waals surface area contributed by atoms with E-state index in [9.17, 15) is 14.4 Å². The van der Waals surface area contributed by atoms with Gasteiger partial charge in [-0.2, -0.15) is 0 Å². The molecule has 2 aromatic heterocycles. The van der Waals surface area contributed by atoms with Crippen molar-refractivity contribution in [3.63, 3.8) is 0 Å². The average Bonchev–Trinajstić information content (AvgIpc) is 3.41. The minimum Gasteiger partial charge on any atom is -0.479 e. The summed E-state index contributed by atoms with van der Waals surface area (Å²) >= 11 is 4.59. The van der Waals surface area contributed by atoms with Crippen molar-refractivity contribution in [2.45, 2.75) is 6.92 Å². The van der Waals surface area contributed by atoms with Crippen LogP contribution in [-0.4, -0.2) is 38.2 Å². The fraction of sp³-hybridized carbons (Fsp3) is 0.190. The van der Waals surface area contributed by atoms with Gasteiger partial charge in [0.15, 0.2) is 23.0 Å². The normalized spacial score (nSPS) is 10.4. The van der Waals surface area contributed by atoms with E-state index in [1.165, 1.54) is 13.4 Å². The Kier molecular flexibility index (Phi) is 7.48. The molecule has 10 heteroatoms. The maximum absolute atomic E-state index is 12.2. The monoisotopic (exact) mass is 507 g/mol. The number of furan rings is 1. The second-order valence-corrected chi connectivity index (χ2v) is 7.81. The Morgan fingerprint density at radius 1 is 1.19 bits per heavy atom. The quantitative estimate of drug-likeness (QED) is 0.438. The third-order valence-electron chi connectivity index (χ3n) is 3.95. The minimum absolute atomic E-state index is 0.185. The number of carbonyl (C=O) groups is 3. The first-order chi connectivity index (χ1) is 14.9. The van der Waals surface area contributed by atoms with Crippen LogP contribution in [0.15, 0.2) is 51.6 Å². The van der Waals surface area contributed by atoms with E-state index in [0.29, 0.717) is 20.6 Å². The van der Waals surface area contributed by atoms with Gasteiger partial charge in [-0.1, -0.05) is 12.1 Å². The lowest BCUT2D eigenvalue weighted by Gasteiger charge is -2.07. The van der Waals surface area contributed by atoms with Gasteiger partial charge < -0.3 is 23.9 Å². The molecule has 2 heterocycles. The third kappa shape index (κ3) is 5.33. The van der Waals surface area contributed by atoms with Gasteiger partial charge in [-0.25, -0.2) is 9.59 Å². The summed E-state index contributed by atoms with van der Waals surface area (Å²) in [7, 11) is 1.26. The molecule has 0 bridgehead atoms. The predicted molar refractivity (Wildman–Crippen MR) is 118 cm³/mol. The Labute approximate surface area is 190 Å². The largest absolute Gasteiger partial charge is 0.479 e. The summed E-state index contributed by atoms with van der Waals surface area (Å²) in [5.74, 6) is -1.17. The highest BCUT2D eigenvalue weighted by Gasteiger charge is 2.25. The lowest BCUT2D eigenvalue weighted by Crippen LogP contribution is -2.15. The Morgan fingerprint density at radius 3 is 2.68 bits per heavy atom. The fourth-order valence-corrected chi connectivity index (χ4v) is 4.58. The van der Waals surface area contributed by atoms with Crippen molar-refractivity contribution in [1.82, 2.24) is 0 Å². The van der Waals surface area contributed by atoms with E-state index in [0.717, 1.165) is 11.3 Å². The number of amides is 1. The first kappa shape index (κ1) is 22.6. The highest BCUT2D eigenvalue weighted by molar-refractivity contribution is 9.10. The molecule has 3 rings (SSSR count). The molecule has 1 N–H and O–H groups in total. The maximum Gasteiger partial charge on any atom is 0.351 e. The average molecular weight is 508 g/mol. The van der Waals surface area contributed by atoms with Crippen LogP contribution in [0.2, 0.25) is 0 Å². The predicted octanol–water partition coefficient (Wildman–Crippen LogP) is 4.75. The van der Waals surface area contributed by atoms with Gasteiger partial charge in [0, 0.05) is 5.69 Å². The van der Waals surface area contributed by atoms with Crippen LogP contribution in [0.3, 0.4) is 0 Å². The van der Waals surface area contributed by atoms with Crippen LogP contribution < -0.4 is 10.1 Å². The van der Waals surface area contributed by atoms with Crippen molar-refractivity contribution in [3.05, 3.63) is 57.8 Å². The molecule has 162 valence electrons. The number of halogens is 1. The molecule has 0 unspecified atom stereocenters. The van der Waals surface area contributed by atoms with Crippen LogP contribution in [-0.2, 0) is 14.3 Å². The van der Waals surface area contributed by atoms with Gasteiger partial charge in [0.25, 0.3) is 5.91 Å². The number of rotatable bonds is 8. The number of anilines is 1. The topological polar surface area (TPSA) is 104 Å². The SMILES string of the molecule is CCOC(=O)COc1c(C(=O)OC)sc(-c2cccc(NC(=O)c3ccco3)c2)c1Br. The molecular weight excluding hydrogens is 490 g/mol. The summed E-state index contributed by atoms with van der Waals surface area (Å²) in [5, 5.41) is 2.76. The van der Waals surface area contributed by atoms with Crippen molar-refractivity contribution in [1.29, 1.82) is 0 Å². The number of benzene rings is 1. The number of thiophene rings is 1. The Bertz CT molecular complexity index is 1090. The van der Waals surface area contributed by atoms with Gasteiger partial charge in [0.1, 0.15) is 0 Å². The van der Waals surface area contributed by atoms with E-state index < -0.39 is 11.9 Å². The first-order valence-electron chi connectivity index (χ1n) is 9.08. The molecule has 1 aromatic carbocycles. The molecule has 8 nitrogen and oxygen atoms in total. The Morgan fingerprint density at radius 2 is 2.00 bits per heavy atom. The van der Waals surface area contributed by atoms with E-state index in [1.54, 1.807) is 37.3 Å². The van der Waals surface area contributed by atoms with Crippen LogP contribution in [0, 0.1) is 0 Å². The zero-order chi connectivity index (χ0) is 22.4. The number of nitrogens with one attached hydrogen (secondary N) is 1. The molecule has 0 saturated carbocycles. The van der Waals surface area contributed by atoms with E-state index in [4.69, 9.17) is 18.6 Å². The van der Waals surface area contributed by atoms with Gasteiger partial charge in [-0.15, -0.1) is 11.3 Å². The second-order valence-electron chi connectivity index (χ2n) is 6.00. The van der Waals surface area contributed by atoms with Crippen molar-refractivity contribution in [2.24, 2.45) is 0 Å². The number of carbonyl (C=O) groups excluding carboxylic acids is 3. The number of ether oxygens (including phenoxy) is 3. The van der Waals surface area contributed by atoms with Crippen LogP contribution in [0.4, 0.5) is 5.69 Å². The second kappa shape index (κ2) is 10.3. The molecule has 3 aromatic rings. The fourth-order valence-electron chi connectivity index (χ4n) is 2.61. The molecule has 0 fully saturated rings. The molecule has 0 radical (unpaired) electrons. The number of hydrogen-bond acceptors (Lipinski definition) is 8. The smallest absolute Gasteiger partial charge is 0.351 e. The van der Waals surface area contributed by atoms with Gasteiger partial charge in [0.2, 0.25) is 0 Å². The van der Waals surface area contributed by atoms with Crippen LogP contribution in [0.25, 0.3) is 10.4 Å². The number of hydrogen-bond donors (Lipinski definition) is 1. The summed E-state index contributed by atoms with van der Waals surface area (Å²) in [6.07, 6.45) is 1.42. The summed E-state index contributed by atoms with van der Waals surface area (Å²) in [4.78, 5) is 37.0. The first-order valence-corrected chi connectivity index (χ1v) is 10.7. The molecule has 0 aliphatic rings. The van der Waals surface area contributed by atoms with Crippen molar-refractivity contribution < 1.29 is 33.0 Å². The molecule has 0 aliphatic carbocycles. The maximum atomic E-state index is 12.2. The van der Waals surface area contributed by atoms with Crippen molar-refractivity contribution >= 4 is 50.8 Å². The summed E-state index contributed by atoms with van der Waals surface area (Å²) in [6, 6.07) is 10.2.